The molecule has 0 aliphatic carbocycles. The van der Waals surface area contributed by atoms with Gasteiger partial charge in [0, 0.05) is 17.8 Å². The van der Waals surface area contributed by atoms with E-state index in [1.54, 1.807) is 26.0 Å². The summed E-state index contributed by atoms with van der Waals surface area (Å²) in [6, 6.07) is 3.44. The number of aryl methyl sites for hydroxylation is 1. The van der Waals surface area contributed by atoms with Crippen LogP contribution >= 0.6 is 0 Å². The fourth-order valence-electron chi connectivity index (χ4n) is 1.30. The molecule has 0 heterocycles. The molecule has 3 nitrogen and oxygen atoms in total. The van der Waals surface area contributed by atoms with E-state index in [0.717, 1.165) is 0 Å². The molecule has 3 N–H and O–H groups in total. The van der Waals surface area contributed by atoms with Crippen LogP contribution in [0.3, 0.4) is 0 Å². The number of nitrogens with one attached hydrogen (secondary N) is 1. The lowest BCUT2D eigenvalue weighted by molar-refractivity contribution is 0.105. The Balaban J connectivity index is 2.74. The highest BCUT2D eigenvalue weighted by Gasteiger charge is 2.08. The van der Waals surface area contributed by atoms with Crippen molar-refractivity contribution in [3.05, 3.63) is 29.1 Å². The quantitative estimate of drug-likeness (QED) is 0.704. The van der Waals surface area contributed by atoms with Crippen molar-refractivity contribution in [2.45, 2.75) is 20.0 Å². The second kappa shape index (κ2) is 5.09. The van der Waals surface area contributed by atoms with Crippen LogP contribution in [0.5, 0.6) is 0 Å². The molecule has 0 fully saturated rings. The van der Waals surface area contributed by atoms with Gasteiger partial charge in [-0.3, -0.25) is 0 Å². The smallest absolute Gasteiger partial charge is 0.131 e. The molecule has 0 aliphatic rings. The molecule has 0 saturated carbocycles. The van der Waals surface area contributed by atoms with Crippen molar-refractivity contribution in [1.82, 2.24) is 0 Å². The molecular weight excluding hydrogens is 197 g/mol. The molecule has 0 aliphatic heterocycles. The molecule has 0 aromatic heterocycles. The summed E-state index contributed by atoms with van der Waals surface area (Å²) in [5.74, 6) is -0.238. The Kier molecular flexibility index (Phi) is 4.05. The van der Waals surface area contributed by atoms with Crippen LogP contribution < -0.4 is 5.32 Å². The van der Waals surface area contributed by atoms with Gasteiger partial charge in [0.15, 0.2) is 0 Å². The Bertz CT molecular complexity index is 342. The lowest BCUT2D eigenvalue weighted by atomic mass is 10.1. The van der Waals surface area contributed by atoms with E-state index in [0.29, 0.717) is 16.8 Å². The summed E-state index contributed by atoms with van der Waals surface area (Å²) in [6.45, 7) is 3.28. The first kappa shape index (κ1) is 11.9. The molecule has 1 atom stereocenters. The third-order valence-electron chi connectivity index (χ3n) is 2.32. The predicted molar refractivity (Wildman–Crippen MR) is 57.5 cm³/mol. The van der Waals surface area contributed by atoms with E-state index < -0.39 is 6.10 Å². The van der Waals surface area contributed by atoms with Gasteiger partial charge >= 0.3 is 0 Å². The minimum absolute atomic E-state index is 0.208. The van der Waals surface area contributed by atoms with E-state index >= 15 is 0 Å². The summed E-state index contributed by atoms with van der Waals surface area (Å²) in [7, 11) is 0. The number of halogens is 1. The molecule has 1 aromatic rings. The van der Waals surface area contributed by atoms with Gasteiger partial charge in [-0.2, -0.15) is 0 Å². The first-order valence-electron chi connectivity index (χ1n) is 4.84. The number of hydrogen-bond donors (Lipinski definition) is 3. The lowest BCUT2D eigenvalue weighted by Gasteiger charge is -2.13. The summed E-state index contributed by atoms with van der Waals surface area (Å²) < 4.78 is 13.4. The van der Waals surface area contributed by atoms with Gasteiger partial charge in [0.1, 0.15) is 5.82 Å². The fourth-order valence-corrected chi connectivity index (χ4v) is 1.30. The van der Waals surface area contributed by atoms with Crippen molar-refractivity contribution >= 4 is 5.69 Å². The molecule has 1 unspecified atom stereocenters. The molecule has 1 aromatic carbocycles. The van der Waals surface area contributed by atoms with Gasteiger partial charge < -0.3 is 15.5 Å². The third-order valence-corrected chi connectivity index (χ3v) is 2.32. The number of benzene rings is 1. The summed E-state index contributed by atoms with van der Waals surface area (Å²) in [5.41, 5.74) is 1.77. The van der Waals surface area contributed by atoms with E-state index in [1.165, 1.54) is 0 Å². The lowest BCUT2D eigenvalue weighted by Crippen LogP contribution is -2.23. The second-order valence-corrected chi connectivity index (χ2v) is 3.59. The SMILES string of the molecule is Cc1ccc(NCC(O)CO)c(C)c1F. The van der Waals surface area contributed by atoms with Gasteiger partial charge in [-0.15, -0.1) is 0 Å². The van der Waals surface area contributed by atoms with Crippen molar-refractivity contribution in [2.24, 2.45) is 0 Å². The van der Waals surface area contributed by atoms with Crippen molar-refractivity contribution in [2.75, 3.05) is 18.5 Å². The van der Waals surface area contributed by atoms with Crippen molar-refractivity contribution in [3.8, 4) is 0 Å². The molecule has 0 amide bonds. The van der Waals surface area contributed by atoms with E-state index in [-0.39, 0.29) is 19.0 Å². The van der Waals surface area contributed by atoms with Gasteiger partial charge in [-0.1, -0.05) is 6.07 Å². The van der Waals surface area contributed by atoms with Gasteiger partial charge in [0.25, 0.3) is 0 Å². The highest BCUT2D eigenvalue weighted by Crippen LogP contribution is 2.20. The van der Waals surface area contributed by atoms with Crippen LogP contribution in [0.4, 0.5) is 10.1 Å². The number of aliphatic hydroxyl groups excluding tert-OH is 2. The highest BCUT2D eigenvalue weighted by molar-refractivity contribution is 5.52. The summed E-state index contributed by atoms with van der Waals surface area (Å²) in [6.07, 6.45) is -0.825. The largest absolute Gasteiger partial charge is 0.394 e. The molecule has 15 heavy (non-hydrogen) atoms. The number of hydrogen-bond acceptors (Lipinski definition) is 3. The number of anilines is 1. The fraction of sp³-hybridized carbons (Fsp3) is 0.455. The van der Waals surface area contributed by atoms with E-state index in [2.05, 4.69) is 5.32 Å². The Morgan fingerprint density at radius 2 is 2.07 bits per heavy atom. The van der Waals surface area contributed by atoms with Crippen molar-refractivity contribution in [3.63, 3.8) is 0 Å². The Morgan fingerprint density at radius 3 is 2.67 bits per heavy atom. The van der Waals surface area contributed by atoms with Gasteiger partial charge in [0.2, 0.25) is 0 Å². The molecule has 1 rings (SSSR count). The Hall–Kier alpha value is -1.13. The monoisotopic (exact) mass is 213 g/mol. The standard InChI is InChI=1S/C11H16FNO2/c1-7-3-4-10(8(2)11(7)12)13-5-9(15)6-14/h3-4,9,13-15H,5-6H2,1-2H3. The third kappa shape index (κ3) is 2.91. The summed E-state index contributed by atoms with van der Waals surface area (Å²) in [4.78, 5) is 0. The zero-order valence-electron chi connectivity index (χ0n) is 8.92. The maximum absolute atomic E-state index is 13.4. The second-order valence-electron chi connectivity index (χ2n) is 3.59. The van der Waals surface area contributed by atoms with E-state index in [4.69, 9.17) is 10.2 Å². The molecule has 4 heteroatoms. The highest BCUT2D eigenvalue weighted by atomic mass is 19.1. The minimum atomic E-state index is -0.825. The average molecular weight is 213 g/mol. The van der Waals surface area contributed by atoms with E-state index in [1.807, 2.05) is 0 Å². The maximum atomic E-state index is 13.4. The Labute approximate surface area is 88.6 Å². The molecular formula is C11H16FNO2. The van der Waals surface area contributed by atoms with Crippen molar-refractivity contribution in [1.29, 1.82) is 0 Å². The van der Waals surface area contributed by atoms with Crippen LogP contribution in [0, 0.1) is 19.7 Å². The topological polar surface area (TPSA) is 52.5 Å². The van der Waals surface area contributed by atoms with Gasteiger partial charge in [-0.05, 0) is 25.5 Å². The Morgan fingerprint density at radius 1 is 1.40 bits per heavy atom. The van der Waals surface area contributed by atoms with Gasteiger partial charge in [0.05, 0.1) is 12.7 Å². The van der Waals surface area contributed by atoms with Crippen LogP contribution in [0.25, 0.3) is 0 Å². The number of aliphatic hydroxyl groups is 2. The summed E-state index contributed by atoms with van der Waals surface area (Å²) in [5, 5.41) is 20.6. The van der Waals surface area contributed by atoms with Crippen LogP contribution in [0.2, 0.25) is 0 Å². The first-order chi connectivity index (χ1) is 7.06. The van der Waals surface area contributed by atoms with Crippen molar-refractivity contribution < 1.29 is 14.6 Å². The molecule has 0 bridgehead atoms. The predicted octanol–water partition coefficient (Wildman–Crippen LogP) is 1.21. The maximum Gasteiger partial charge on any atom is 0.131 e. The molecule has 0 radical (unpaired) electrons. The van der Waals surface area contributed by atoms with Crippen LogP contribution in [0.1, 0.15) is 11.1 Å². The van der Waals surface area contributed by atoms with Crippen LogP contribution in [-0.2, 0) is 0 Å². The zero-order valence-corrected chi connectivity index (χ0v) is 8.92. The van der Waals surface area contributed by atoms with E-state index in [9.17, 15) is 4.39 Å². The normalized spacial score (nSPS) is 12.6. The zero-order chi connectivity index (χ0) is 11.4. The molecule has 0 spiro atoms. The molecule has 84 valence electrons. The minimum Gasteiger partial charge on any atom is -0.394 e. The summed E-state index contributed by atoms with van der Waals surface area (Å²) >= 11 is 0. The van der Waals surface area contributed by atoms with Crippen LogP contribution in [-0.4, -0.2) is 29.5 Å². The first-order valence-corrected chi connectivity index (χ1v) is 4.84. The van der Waals surface area contributed by atoms with Crippen LogP contribution in [0.15, 0.2) is 12.1 Å². The van der Waals surface area contributed by atoms with Gasteiger partial charge in [-0.25, -0.2) is 4.39 Å². The average Bonchev–Trinajstić information content (AvgIpc) is 2.24. The number of rotatable bonds is 4. The molecule has 0 saturated heterocycles.